The number of rotatable bonds is 6. The van der Waals surface area contributed by atoms with Gasteiger partial charge in [0, 0.05) is 32.7 Å². The van der Waals surface area contributed by atoms with Crippen molar-refractivity contribution in [3.63, 3.8) is 0 Å². The zero-order valence-electron chi connectivity index (χ0n) is 13.9. The molecular formula is C17H25N5O. The van der Waals surface area contributed by atoms with Crippen LogP contribution in [-0.4, -0.2) is 62.5 Å². The van der Waals surface area contributed by atoms with Gasteiger partial charge in [-0.15, -0.1) is 10.2 Å². The van der Waals surface area contributed by atoms with Crippen molar-refractivity contribution in [1.82, 2.24) is 24.6 Å². The van der Waals surface area contributed by atoms with E-state index in [2.05, 4.69) is 36.7 Å². The summed E-state index contributed by atoms with van der Waals surface area (Å²) in [7, 11) is 2.05. The second kappa shape index (κ2) is 7.21. The van der Waals surface area contributed by atoms with Crippen molar-refractivity contribution in [2.24, 2.45) is 0 Å². The molecule has 0 radical (unpaired) electrons. The highest BCUT2D eigenvalue weighted by Gasteiger charge is 2.21. The molecule has 0 bridgehead atoms. The molecule has 1 N–H and O–H groups in total. The average molecular weight is 315 g/mol. The Kier molecular flexibility index (Phi) is 5.05. The first-order chi connectivity index (χ1) is 11.1. The van der Waals surface area contributed by atoms with E-state index in [0.29, 0.717) is 13.1 Å². The second-order valence-electron chi connectivity index (χ2n) is 6.39. The van der Waals surface area contributed by atoms with Crippen LogP contribution in [0.2, 0.25) is 0 Å². The van der Waals surface area contributed by atoms with E-state index in [1.807, 2.05) is 32.2 Å². The van der Waals surface area contributed by atoms with Gasteiger partial charge in [0.1, 0.15) is 11.6 Å². The molecule has 1 atom stereocenters. The number of benzene rings is 1. The average Bonchev–Trinajstić information content (AvgIpc) is 2.89. The molecule has 0 saturated carbocycles. The van der Waals surface area contributed by atoms with Crippen LogP contribution in [0.4, 0.5) is 0 Å². The number of aliphatic hydroxyl groups excluding tert-OH is 1. The SMILES string of the molecule is Cc1nnc2n1CCN(C[C@@H](O)CN(C)Cc1ccccc1)C2. The van der Waals surface area contributed by atoms with Crippen LogP contribution in [0.1, 0.15) is 17.2 Å². The molecule has 6 heteroatoms. The zero-order chi connectivity index (χ0) is 16.2. The molecule has 3 rings (SSSR count). The van der Waals surface area contributed by atoms with E-state index in [1.54, 1.807) is 0 Å². The van der Waals surface area contributed by atoms with Gasteiger partial charge >= 0.3 is 0 Å². The predicted octanol–water partition coefficient (Wildman–Crippen LogP) is 0.895. The molecule has 0 amide bonds. The highest BCUT2D eigenvalue weighted by atomic mass is 16.3. The van der Waals surface area contributed by atoms with Crippen LogP contribution in [0.5, 0.6) is 0 Å². The summed E-state index contributed by atoms with van der Waals surface area (Å²) in [6, 6.07) is 10.3. The first-order valence-corrected chi connectivity index (χ1v) is 8.13. The van der Waals surface area contributed by atoms with Crippen LogP contribution >= 0.6 is 0 Å². The Morgan fingerprint density at radius 3 is 2.78 bits per heavy atom. The second-order valence-corrected chi connectivity index (χ2v) is 6.39. The highest BCUT2D eigenvalue weighted by molar-refractivity contribution is 5.14. The smallest absolute Gasteiger partial charge is 0.147 e. The summed E-state index contributed by atoms with van der Waals surface area (Å²) < 4.78 is 2.16. The van der Waals surface area contributed by atoms with Crippen molar-refractivity contribution in [3.05, 3.63) is 47.5 Å². The Bertz CT molecular complexity index is 627. The van der Waals surface area contributed by atoms with E-state index < -0.39 is 0 Å². The van der Waals surface area contributed by atoms with Crippen LogP contribution in [-0.2, 0) is 19.6 Å². The molecular weight excluding hydrogens is 290 g/mol. The number of aliphatic hydroxyl groups is 1. The molecule has 0 fully saturated rings. The molecule has 1 aliphatic heterocycles. The van der Waals surface area contributed by atoms with Crippen LogP contribution in [0.3, 0.4) is 0 Å². The van der Waals surface area contributed by atoms with Crippen molar-refractivity contribution < 1.29 is 5.11 Å². The molecule has 0 saturated heterocycles. The lowest BCUT2D eigenvalue weighted by molar-refractivity contribution is 0.0686. The molecule has 0 aliphatic carbocycles. The van der Waals surface area contributed by atoms with Gasteiger partial charge in [0.25, 0.3) is 0 Å². The number of nitrogens with zero attached hydrogens (tertiary/aromatic N) is 5. The number of aryl methyl sites for hydroxylation is 1. The quantitative estimate of drug-likeness (QED) is 0.858. The normalized spacial score (nSPS) is 16.5. The Labute approximate surface area is 137 Å². The van der Waals surface area contributed by atoms with Gasteiger partial charge in [0.05, 0.1) is 12.6 Å². The Morgan fingerprint density at radius 2 is 2.00 bits per heavy atom. The number of hydrogen-bond acceptors (Lipinski definition) is 5. The third-order valence-corrected chi connectivity index (χ3v) is 4.30. The Morgan fingerprint density at radius 1 is 1.22 bits per heavy atom. The Balaban J connectivity index is 1.47. The molecule has 124 valence electrons. The zero-order valence-corrected chi connectivity index (χ0v) is 13.9. The third-order valence-electron chi connectivity index (χ3n) is 4.30. The summed E-state index contributed by atoms with van der Waals surface area (Å²) >= 11 is 0. The maximum absolute atomic E-state index is 10.4. The van der Waals surface area contributed by atoms with E-state index in [9.17, 15) is 5.11 Å². The molecule has 2 aromatic rings. The van der Waals surface area contributed by atoms with Crippen LogP contribution in [0.15, 0.2) is 30.3 Å². The molecule has 1 aliphatic rings. The summed E-state index contributed by atoms with van der Waals surface area (Å²) in [4.78, 5) is 4.42. The molecule has 0 spiro atoms. The van der Waals surface area contributed by atoms with E-state index in [0.717, 1.165) is 37.8 Å². The topological polar surface area (TPSA) is 57.4 Å². The Hall–Kier alpha value is -1.76. The third kappa shape index (κ3) is 4.16. The van der Waals surface area contributed by atoms with Gasteiger partial charge in [-0.1, -0.05) is 30.3 Å². The van der Waals surface area contributed by atoms with E-state index in [1.165, 1.54) is 5.56 Å². The summed E-state index contributed by atoms with van der Waals surface area (Å²) in [6.07, 6.45) is -0.362. The number of hydrogen-bond donors (Lipinski definition) is 1. The van der Waals surface area contributed by atoms with Crippen molar-refractivity contribution >= 4 is 0 Å². The van der Waals surface area contributed by atoms with Crippen LogP contribution in [0, 0.1) is 6.92 Å². The maximum Gasteiger partial charge on any atom is 0.147 e. The fraction of sp³-hybridized carbons (Fsp3) is 0.529. The monoisotopic (exact) mass is 315 g/mol. The van der Waals surface area contributed by atoms with Gasteiger partial charge in [-0.3, -0.25) is 9.80 Å². The predicted molar refractivity (Wildman–Crippen MR) is 88.8 cm³/mol. The highest BCUT2D eigenvalue weighted by Crippen LogP contribution is 2.12. The van der Waals surface area contributed by atoms with Crippen molar-refractivity contribution in [3.8, 4) is 0 Å². The number of likely N-dealkylation sites (N-methyl/N-ethyl adjacent to an activating group) is 1. The van der Waals surface area contributed by atoms with E-state index in [4.69, 9.17) is 0 Å². The van der Waals surface area contributed by atoms with Gasteiger partial charge < -0.3 is 9.67 Å². The fourth-order valence-electron chi connectivity index (χ4n) is 3.18. The molecule has 23 heavy (non-hydrogen) atoms. The minimum absolute atomic E-state index is 0.362. The molecule has 2 heterocycles. The molecule has 1 aromatic carbocycles. The first kappa shape index (κ1) is 16.1. The number of fused-ring (bicyclic) bond motifs is 1. The fourth-order valence-corrected chi connectivity index (χ4v) is 3.18. The summed E-state index contributed by atoms with van der Waals surface area (Å²) in [5.74, 6) is 1.97. The molecule has 6 nitrogen and oxygen atoms in total. The van der Waals surface area contributed by atoms with E-state index >= 15 is 0 Å². The van der Waals surface area contributed by atoms with Crippen molar-refractivity contribution in [2.45, 2.75) is 32.7 Å². The summed E-state index contributed by atoms with van der Waals surface area (Å²) in [6.45, 7) is 6.78. The van der Waals surface area contributed by atoms with Gasteiger partial charge in [0.2, 0.25) is 0 Å². The number of β-amino-alcohol motifs (C(OH)–C–C–N with tert-alkyl or cyclic N) is 1. The van der Waals surface area contributed by atoms with Gasteiger partial charge in [-0.05, 0) is 19.5 Å². The molecule has 1 aromatic heterocycles. The van der Waals surface area contributed by atoms with Crippen LogP contribution in [0.25, 0.3) is 0 Å². The van der Waals surface area contributed by atoms with Crippen molar-refractivity contribution in [1.29, 1.82) is 0 Å². The van der Waals surface area contributed by atoms with Gasteiger partial charge in [-0.25, -0.2) is 0 Å². The minimum Gasteiger partial charge on any atom is -0.390 e. The largest absolute Gasteiger partial charge is 0.390 e. The van der Waals surface area contributed by atoms with Gasteiger partial charge in [-0.2, -0.15) is 0 Å². The van der Waals surface area contributed by atoms with Gasteiger partial charge in [0.15, 0.2) is 0 Å². The minimum atomic E-state index is -0.362. The van der Waals surface area contributed by atoms with Crippen molar-refractivity contribution in [2.75, 3.05) is 26.7 Å². The lowest BCUT2D eigenvalue weighted by Gasteiger charge is -2.30. The molecule has 0 unspecified atom stereocenters. The summed E-state index contributed by atoms with van der Waals surface area (Å²) in [5, 5.41) is 18.7. The first-order valence-electron chi connectivity index (χ1n) is 8.13. The summed E-state index contributed by atoms with van der Waals surface area (Å²) in [5.41, 5.74) is 1.27. The lowest BCUT2D eigenvalue weighted by Crippen LogP contribution is -2.42. The number of aromatic nitrogens is 3. The van der Waals surface area contributed by atoms with E-state index in [-0.39, 0.29) is 6.10 Å². The van der Waals surface area contributed by atoms with Crippen LogP contribution < -0.4 is 0 Å². The standard InChI is InChI=1S/C17H25N5O/c1-14-18-19-17-13-21(8-9-22(14)17)12-16(23)11-20(2)10-15-6-4-3-5-7-15/h3-7,16,23H,8-13H2,1-2H3/t16-/m0/s1. The maximum atomic E-state index is 10.4. The lowest BCUT2D eigenvalue weighted by atomic mass is 10.2.